The molecule has 0 N–H and O–H groups in total. The second-order valence-electron chi connectivity index (χ2n) is 5.60. The third-order valence-electron chi connectivity index (χ3n) is 4.01. The fraction of sp³-hybridized carbons (Fsp3) is 0.222. The highest BCUT2D eigenvalue weighted by Crippen LogP contribution is 2.30. The molecular formula is C18H16N2O2S2. The van der Waals surface area contributed by atoms with E-state index in [4.69, 9.17) is 4.74 Å². The minimum atomic E-state index is 0.0240. The molecule has 1 amide bonds. The quantitative estimate of drug-likeness (QED) is 0.665. The Morgan fingerprint density at radius 2 is 1.96 bits per heavy atom. The van der Waals surface area contributed by atoms with Crippen LogP contribution in [0.2, 0.25) is 0 Å². The smallest absolute Gasteiger partial charge is 0.274 e. The average Bonchev–Trinajstić information content (AvgIpc) is 2.99. The first-order valence-corrected chi connectivity index (χ1v) is 9.73. The topological polar surface area (TPSA) is 42.4 Å². The summed E-state index contributed by atoms with van der Waals surface area (Å²) in [5, 5.41) is 0.679. The van der Waals surface area contributed by atoms with Gasteiger partial charge >= 0.3 is 0 Å². The lowest BCUT2D eigenvalue weighted by molar-refractivity contribution is 0.0175. The van der Waals surface area contributed by atoms with Crippen molar-refractivity contribution in [1.82, 2.24) is 9.88 Å². The Kier molecular flexibility index (Phi) is 4.16. The molecule has 1 aliphatic heterocycles. The summed E-state index contributed by atoms with van der Waals surface area (Å²) >= 11 is 3.14. The first kappa shape index (κ1) is 15.5. The Morgan fingerprint density at radius 1 is 1.21 bits per heavy atom. The van der Waals surface area contributed by atoms with Gasteiger partial charge < -0.3 is 9.64 Å². The number of ether oxygens (including phenoxy) is 1. The summed E-state index contributed by atoms with van der Waals surface area (Å²) in [7, 11) is 0. The van der Waals surface area contributed by atoms with Crippen LogP contribution in [0.4, 0.5) is 0 Å². The number of amides is 1. The molecule has 0 unspecified atom stereocenters. The second kappa shape index (κ2) is 6.45. The molecule has 2 aromatic carbocycles. The number of carbonyl (C=O) groups excluding carboxylic acids is 1. The third-order valence-corrected chi connectivity index (χ3v) is 5.74. The van der Waals surface area contributed by atoms with E-state index in [2.05, 4.69) is 4.98 Å². The fourth-order valence-corrected chi connectivity index (χ4v) is 4.19. The van der Waals surface area contributed by atoms with Crippen molar-refractivity contribution >= 4 is 39.2 Å². The van der Waals surface area contributed by atoms with Crippen molar-refractivity contribution in [2.24, 2.45) is 0 Å². The van der Waals surface area contributed by atoms with Crippen molar-refractivity contribution in [2.45, 2.75) is 11.0 Å². The highest BCUT2D eigenvalue weighted by molar-refractivity contribution is 7.98. The predicted molar refractivity (Wildman–Crippen MR) is 98.2 cm³/mol. The molecule has 1 fully saturated rings. The number of nitrogens with zero attached hydrogens (tertiary/aromatic N) is 2. The molecule has 3 aromatic rings. The first-order valence-electron chi connectivity index (χ1n) is 7.69. The zero-order valence-electron chi connectivity index (χ0n) is 13.1. The highest BCUT2D eigenvalue weighted by Gasteiger charge is 2.34. The van der Waals surface area contributed by atoms with Crippen molar-refractivity contribution in [2.75, 3.05) is 19.3 Å². The molecule has 0 spiro atoms. The largest absolute Gasteiger partial charge is 0.463 e. The summed E-state index contributed by atoms with van der Waals surface area (Å²) in [6, 6.07) is 15.7. The molecule has 1 saturated heterocycles. The van der Waals surface area contributed by atoms with E-state index >= 15 is 0 Å². The number of hydrogen-bond acceptors (Lipinski definition) is 5. The van der Waals surface area contributed by atoms with E-state index in [1.54, 1.807) is 23.1 Å². The second-order valence-corrected chi connectivity index (χ2v) is 7.44. The van der Waals surface area contributed by atoms with E-state index in [9.17, 15) is 4.79 Å². The molecule has 0 bridgehead atoms. The van der Waals surface area contributed by atoms with Crippen LogP contribution in [0.5, 0.6) is 5.19 Å². The van der Waals surface area contributed by atoms with Crippen LogP contribution in [-0.2, 0) is 0 Å². The van der Waals surface area contributed by atoms with Crippen molar-refractivity contribution < 1.29 is 9.53 Å². The van der Waals surface area contributed by atoms with E-state index < -0.39 is 0 Å². The van der Waals surface area contributed by atoms with Gasteiger partial charge in [0.25, 0.3) is 11.1 Å². The van der Waals surface area contributed by atoms with Gasteiger partial charge in [0.1, 0.15) is 6.10 Å². The van der Waals surface area contributed by atoms with E-state index in [-0.39, 0.29) is 12.0 Å². The van der Waals surface area contributed by atoms with Gasteiger partial charge in [0, 0.05) is 4.90 Å². The van der Waals surface area contributed by atoms with Crippen molar-refractivity contribution in [3.05, 3.63) is 54.1 Å². The monoisotopic (exact) mass is 356 g/mol. The van der Waals surface area contributed by atoms with E-state index in [1.807, 2.05) is 59.7 Å². The molecule has 6 heteroatoms. The average molecular weight is 356 g/mol. The Labute approximate surface area is 148 Å². The molecule has 4 nitrogen and oxygen atoms in total. The number of likely N-dealkylation sites (tertiary alicyclic amines) is 1. The SMILES string of the molecule is CSc1ccccc1C(=O)N1CC(Oc2nc3ccccc3s2)C1. The lowest BCUT2D eigenvalue weighted by Gasteiger charge is -2.38. The van der Waals surface area contributed by atoms with Crippen LogP contribution >= 0.6 is 23.1 Å². The first-order chi connectivity index (χ1) is 11.7. The number of hydrogen-bond donors (Lipinski definition) is 0. The number of benzene rings is 2. The minimum absolute atomic E-state index is 0.0240. The number of rotatable bonds is 4. The Bertz CT molecular complexity index is 854. The summed E-state index contributed by atoms with van der Waals surface area (Å²) in [4.78, 5) is 19.9. The summed E-state index contributed by atoms with van der Waals surface area (Å²) in [5.41, 5.74) is 1.72. The lowest BCUT2D eigenvalue weighted by Crippen LogP contribution is -2.56. The number of aromatic nitrogens is 1. The normalized spacial score (nSPS) is 14.6. The molecule has 0 aliphatic carbocycles. The summed E-state index contributed by atoms with van der Waals surface area (Å²) in [5.74, 6) is 0.0732. The number of para-hydroxylation sites is 1. The van der Waals surface area contributed by atoms with Crippen molar-refractivity contribution in [1.29, 1.82) is 0 Å². The van der Waals surface area contributed by atoms with Gasteiger partial charge in [-0.3, -0.25) is 4.79 Å². The molecule has 0 radical (unpaired) electrons. The van der Waals surface area contributed by atoms with Gasteiger partial charge in [0.2, 0.25) is 0 Å². The maximum absolute atomic E-state index is 12.6. The van der Waals surface area contributed by atoms with Crippen LogP contribution in [0.15, 0.2) is 53.4 Å². The third kappa shape index (κ3) is 2.87. The zero-order valence-corrected chi connectivity index (χ0v) is 14.8. The van der Waals surface area contributed by atoms with Crippen LogP contribution in [0, 0.1) is 0 Å². The molecular weight excluding hydrogens is 340 g/mol. The van der Waals surface area contributed by atoms with Crippen molar-refractivity contribution in [3.8, 4) is 5.19 Å². The number of thioether (sulfide) groups is 1. The Balaban J connectivity index is 1.40. The van der Waals surface area contributed by atoms with Crippen LogP contribution < -0.4 is 4.74 Å². The van der Waals surface area contributed by atoms with Gasteiger partial charge in [-0.15, -0.1) is 11.8 Å². The van der Waals surface area contributed by atoms with Crippen LogP contribution in [-0.4, -0.2) is 41.2 Å². The molecule has 0 saturated carbocycles. The van der Waals surface area contributed by atoms with Gasteiger partial charge in [0.15, 0.2) is 0 Å². The molecule has 2 heterocycles. The number of thiazole rings is 1. The predicted octanol–water partition coefficient (Wildman–Crippen LogP) is 3.92. The highest BCUT2D eigenvalue weighted by atomic mass is 32.2. The lowest BCUT2D eigenvalue weighted by atomic mass is 10.1. The molecule has 1 aliphatic rings. The van der Waals surface area contributed by atoms with Gasteiger partial charge in [-0.25, -0.2) is 4.98 Å². The summed E-state index contributed by atoms with van der Waals surface area (Å²) in [6.07, 6.45) is 2.01. The van der Waals surface area contributed by atoms with Gasteiger partial charge in [-0.05, 0) is 30.5 Å². The molecule has 24 heavy (non-hydrogen) atoms. The Morgan fingerprint density at radius 3 is 2.75 bits per heavy atom. The molecule has 1 aromatic heterocycles. The van der Waals surface area contributed by atoms with Gasteiger partial charge in [-0.1, -0.05) is 35.6 Å². The van der Waals surface area contributed by atoms with Gasteiger partial charge in [0.05, 0.1) is 28.9 Å². The van der Waals surface area contributed by atoms with Crippen molar-refractivity contribution in [3.63, 3.8) is 0 Å². The van der Waals surface area contributed by atoms with Gasteiger partial charge in [-0.2, -0.15) is 0 Å². The Hall–Kier alpha value is -2.05. The van der Waals surface area contributed by atoms with Crippen LogP contribution in [0.1, 0.15) is 10.4 Å². The zero-order chi connectivity index (χ0) is 16.5. The molecule has 4 rings (SSSR count). The minimum Gasteiger partial charge on any atom is -0.463 e. The van der Waals surface area contributed by atoms with Crippen LogP contribution in [0.3, 0.4) is 0 Å². The number of carbonyl (C=O) groups is 1. The van der Waals surface area contributed by atoms with E-state index in [1.165, 1.54) is 0 Å². The maximum atomic E-state index is 12.6. The summed E-state index contributed by atoms with van der Waals surface area (Å²) in [6.45, 7) is 1.22. The molecule has 0 atom stereocenters. The van der Waals surface area contributed by atoms with E-state index in [0.717, 1.165) is 20.7 Å². The number of fused-ring (bicyclic) bond motifs is 1. The fourth-order valence-electron chi connectivity index (χ4n) is 2.71. The standard InChI is InChI=1S/C18H16N2O2S2/c1-23-15-8-4-2-6-13(15)17(21)20-10-12(11-20)22-18-19-14-7-3-5-9-16(14)24-18/h2-9,12H,10-11H2,1H3. The van der Waals surface area contributed by atoms with E-state index in [0.29, 0.717) is 18.3 Å². The summed E-state index contributed by atoms with van der Waals surface area (Å²) < 4.78 is 7.04. The maximum Gasteiger partial charge on any atom is 0.274 e. The van der Waals surface area contributed by atoms with Crippen LogP contribution in [0.25, 0.3) is 10.2 Å². The molecule has 122 valence electrons.